The molecule has 0 aromatic carbocycles. The first-order chi connectivity index (χ1) is 8.24. The van der Waals surface area contributed by atoms with E-state index in [1.165, 1.54) is 7.11 Å². The van der Waals surface area contributed by atoms with E-state index >= 15 is 0 Å². The number of methoxy groups -OCH3 is 1. The molecule has 0 radical (unpaired) electrons. The Bertz CT molecular complexity index is 305. The number of aliphatic hydroxyl groups excluding tert-OH is 1. The summed E-state index contributed by atoms with van der Waals surface area (Å²) in [5.41, 5.74) is 0. The highest BCUT2D eigenvalue weighted by Crippen LogP contribution is 2.20. The van der Waals surface area contributed by atoms with Gasteiger partial charge in [-0.05, 0) is 25.0 Å². The van der Waals surface area contributed by atoms with Gasteiger partial charge in [0.2, 0.25) is 0 Å². The molecule has 0 saturated carbocycles. The maximum atomic E-state index is 10.8. The number of carbonyl (C=O) groups is 1. The Morgan fingerprint density at radius 2 is 2.18 bits per heavy atom. The Kier molecular flexibility index (Phi) is 6.40. The van der Waals surface area contributed by atoms with Crippen LogP contribution >= 0.6 is 0 Å². The summed E-state index contributed by atoms with van der Waals surface area (Å²) in [5.74, 6) is 0.472. The van der Waals surface area contributed by atoms with Crippen LogP contribution in [0.4, 0.5) is 0 Å². The van der Waals surface area contributed by atoms with Gasteiger partial charge in [0.15, 0.2) is 0 Å². The number of esters is 1. The average molecular weight is 240 g/mol. The van der Waals surface area contributed by atoms with Crippen molar-refractivity contribution in [3.05, 3.63) is 24.2 Å². The van der Waals surface area contributed by atoms with Crippen LogP contribution in [0.1, 0.15) is 50.4 Å². The zero-order valence-electron chi connectivity index (χ0n) is 10.2. The lowest BCUT2D eigenvalue weighted by Crippen LogP contribution is -1.99. The minimum Gasteiger partial charge on any atom is -0.469 e. The van der Waals surface area contributed by atoms with Gasteiger partial charge >= 0.3 is 5.97 Å². The third kappa shape index (κ3) is 5.54. The molecular weight excluding hydrogens is 220 g/mol. The van der Waals surface area contributed by atoms with Crippen molar-refractivity contribution < 1.29 is 19.1 Å². The van der Waals surface area contributed by atoms with E-state index < -0.39 is 6.10 Å². The van der Waals surface area contributed by atoms with Gasteiger partial charge in [0.25, 0.3) is 0 Å². The second-order valence-corrected chi connectivity index (χ2v) is 4.06. The molecule has 96 valence electrons. The van der Waals surface area contributed by atoms with Gasteiger partial charge in [-0.25, -0.2) is 0 Å². The van der Waals surface area contributed by atoms with Gasteiger partial charge in [-0.15, -0.1) is 0 Å². The highest BCUT2D eigenvalue weighted by atomic mass is 16.5. The maximum Gasteiger partial charge on any atom is 0.305 e. The fraction of sp³-hybridized carbons (Fsp3) is 0.615. The van der Waals surface area contributed by atoms with E-state index in [1.807, 2.05) is 0 Å². The van der Waals surface area contributed by atoms with Crippen LogP contribution in [0.25, 0.3) is 0 Å². The molecule has 17 heavy (non-hydrogen) atoms. The summed E-state index contributed by atoms with van der Waals surface area (Å²) in [4.78, 5) is 10.8. The van der Waals surface area contributed by atoms with Crippen LogP contribution in [-0.2, 0) is 9.53 Å². The van der Waals surface area contributed by atoms with Crippen molar-refractivity contribution in [1.82, 2.24) is 0 Å². The largest absolute Gasteiger partial charge is 0.469 e. The second-order valence-electron chi connectivity index (χ2n) is 4.06. The molecule has 4 heteroatoms. The van der Waals surface area contributed by atoms with Crippen molar-refractivity contribution in [2.75, 3.05) is 7.11 Å². The smallest absolute Gasteiger partial charge is 0.305 e. The summed E-state index contributed by atoms with van der Waals surface area (Å²) in [6.07, 6.45) is 6.02. The van der Waals surface area contributed by atoms with E-state index in [4.69, 9.17) is 4.42 Å². The van der Waals surface area contributed by atoms with E-state index in [1.54, 1.807) is 18.4 Å². The second kappa shape index (κ2) is 7.90. The summed E-state index contributed by atoms with van der Waals surface area (Å²) in [7, 11) is 1.40. The van der Waals surface area contributed by atoms with Gasteiger partial charge in [-0.1, -0.05) is 19.3 Å². The monoisotopic (exact) mass is 240 g/mol. The quantitative estimate of drug-likeness (QED) is 0.560. The summed E-state index contributed by atoms with van der Waals surface area (Å²) < 4.78 is 9.66. The van der Waals surface area contributed by atoms with Gasteiger partial charge in [0, 0.05) is 6.42 Å². The van der Waals surface area contributed by atoms with Gasteiger partial charge in [0.05, 0.1) is 13.4 Å². The third-order valence-corrected chi connectivity index (χ3v) is 2.71. The van der Waals surface area contributed by atoms with Gasteiger partial charge in [-0.3, -0.25) is 4.79 Å². The lowest BCUT2D eigenvalue weighted by molar-refractivity contribution is -0.140. The lowest BCUT2D eigenvalue weighted by Gasteiger charge is -2.06. The minimum atomic E-state index is -0.509. The molecule has 1 atom stereocenters. The minimum absolute atomic E-state index is 0.152. The molecule has 1 heterocycles. The first-order valence-electron chi connectivity index (χ1n) is 6.02. The summed E-state index contributed by atoms with van der Waals surface area (Å²) in [5, 5.41) is 9.72. The average Bonchev–Trinajstić information content (AvgIpc) is 2.86. The van der Waals surface area contributed by atoms with E-state index in [0.717, 1.165) is 25.7 Å². The van der Waals surface area contributed by atoms with Crippen LogP contribution in [0.15, 0.2) is 22.8 Å². The van der Waals surface area contributed by atoms with Gasteiger partial charge < -0.3 is 14.3 Å². The molecule has 1 N–H and O–H groups in total. The zero-order valence-corrected chi connectivity index (χ0v) is 10.2. The topological polar surface area (TPSA) is 59.7 Å². The molecule has 0 bridgehead atoms. The standard InChI is InChI=1S/C13H20O4/c1-16-13(15)9-5-3-2-4-7-11(14)12-8-6-10-17-12/h6,8,10-11,14H,2-5,7,9H2,1H3. The van der Waals surface area contributed by atoms with Crippen molar-refractivity contribution in [2.24, 2.45) is 0 Å². The number of rotatable bonds is 8. The van der Waals surface area contributed by atoms with Gasteiger partial charge in [0.1, 0.15) is 11.9 Å². The Labute approximate surface area is 102 Å². The summed E-state index contributed by atoms with van der Waals surface area (Å²) in [6.45, 7) is 0. The molecule has 0 aliphatic heterocycles. The molecule has 0 saturated heterocycles. The number of hydrogen-bond donors (Lipinski definition) is 1. The van der Waals surface area contributed by atoms with Crippen LogP contribution in [0.2, 0.25) is 0 Å². The van der Waals surface area contributed by atoms with Crippen LogP contribution < -0.4 is 0 Å². The van der Waals surface area contributed by atoms with E-state index in [9.17, 15) is 9.90 Å². The first-order valence-corrected chi connectivity index (χ1v) is 6.02. The number of furan rings is 1. The van der Waals surface area contributed by atoms with Crippen molar-refractivity contribution in [2.45, 2.75) is 44.6 Å². The zero-order chi connectivity index (χ0) is 12.5. The van der Waals surface area contributed by atoms with E-state index in [2.05, 4.69) is 4.74 Å². The van der Waals surface area contributed by atoms with Gasteiger partial charge in [-0.2, -0.15) is 0 Å². The molecule has 1 aromatic heterocycles. The number of unbranched alkanes of at least 4 members (excludes halogenated alkanes) is 3. The van der Waals surface area contributed by atoms with Crippen LogP contribution in [-0.4, -0.2) is 18.2 Å². The number of aliphatic hydroxyl groups is 1. The number of ether oxygens (including phenoxy) is 1. The molecule has 1 unspecified atom stereocenters. The fourth-order valence-electron chi connectivity index (χ4n) is 1.69. The molecule has 4 nitrogen and oxygen atoms in total. The van der Waals surface area contributed by atoms with Crippen LogP contribution in [0, 0.1) is 0 Å². The molecular formula is C13H20O4. The molecule has 1 rings (SSSR count). The van der Waals surface area contributed by atoms with Crippen molar-refractivity contribution >= 4 is 5.97 Å². The predicted molar refractivity (Wildman–Crippen MR) is 63.4 cm³/mol. The summed E-state index contributed by atoms with van der Waals surface area (Å²) >= 11 is 0. The molecule has 0 aliphatic rings. The SMILES string of the molecule is COC(=O)CCCCCCC(O)c1ccco1. The number of hydrogen-bond acceptors (Lipinski definition) is 4. The molecule has 0 aliphatic carbocycles. The van der Waals surface area contributed by atoms with Crippen LogP contribution in [0.3, 0.4) is 0 Å². The maximum absolute atomic E-state index is 10.8. The molecule has 1 aromatic rings. The molecule has 0 amide bonds. The molecule has 0 fully saturated rings. The van der Waals surface area contributed by atoms with Crippen molar-refractivity contribution in [3.8, 4) is 0 Å². The van der Waals surface area contributed by atoms with E-state index in [-0.39, 0.29) is 5.97 Å². The Balaban J connectivity index is 1.99. The Morgan fingerprint density at radius 1 is 1.41 bits per heavy atom. The fourth-order valence-corrected chi connectivity index (χ4v) is 1.69. The van der Waals surface area contributed by atoms with E-state index in [0.29, 0.717) is 18.6 Å². The number of carbonyl (C=O) groups excluding carboxylic acids is 1. The highest BCUT2D eigenvalue weighted by Gasteiger charge is 2.09. The predicted octanol–water partition coefficient (Wildman–Crippen LogP) is 2.83. The Hall–Kier alpha value is -1.29. The first kappa shape index (κ1) is 13.8. The third-order valence-electron chi connectivity index (χ3n) is 2.71. The lowest BCUT2D eigenvalue weighted by atomic mass is 10.1. The van der Waals surface area contributed by atoms with Crippen molar-refractivity contribution in [3.63, 3.8) is 0 Å². The van der Waals surface area contributed by atoms with Crippen LogP contribution in [0.5, 0.6) is 0 Å². The molecule has 0 spiro atoms. The Morgan fingerprint density at radius 3 is 2.82 bits per heavy atom. The highest BCUT2D eigenvalue weighted by molar-refractivity contribution is 5.68. The normalized spacial score (nSPS) is 12.4. The summed E-state index contributed by atoms with van der Waals surface area (Å²) in [6, 6.07) is 3.55. The van der Waals surface area contributed by atoms with Crippen molar-refractivity contribution in [1.29, 1.82) is 0 Å².